The van der Waals surface area contributed by atoms with Crippen LogP contribution in [0.25, 0.3) is 0 Å². The smallest absolute Gasteiger partial charge is 0.0207 e. The maximum Gasteiger partial charge on any atom is 0.0207 e. The molecule has 3 heteroatoms. The summed E-state index contributed by atoms with van der Waals surface area (Å²) in [6, 6.07) is 1.73. The van der Waals surface area contributed by atoms with Crippen molar-refractivity contribution in [2.45, 2.75) is 44.2 Å². The van der Waals surface area contributed by atoms with Crippen molar-refractivity contribution in [3.63, 3.8) is 0 Å². The van der Waals surface area contributed by atoms with Crippen LogP contribution >= 0.6 is 0 Å². The van der Waals surface area contributed by atoms with Gasteiger partial charge in [-0.1, -0.05) is 0 Å². The molecule has 3 rings (SSSR count). The first kappa shape index (κ1) is 11.0. The first-order valence-corrected chi connectivity index (χ1v) is 7.10. The van der Waals surface area contributed by atoms with Crippen LogP contribution in [0.5, 0.6) is 0 Å². The molecule has 0 aromatic carbocycles. The van der Waals surface area contributed by atoms with E-state index in [0.29, 0.717) is 0 Å². The molecule has 16 heavy (non-hydrogen) atoms. The molecule has 0 aromatic heterocycles. The minimum absolute atomic E-state index is 0.767. The van der Waals surface area contributed by atoms with Gasteiger partial charge < -0.3 is 10.6 Å². The summed E-state index contributed by atoms with van der Waals surface area (Å²) < 4.78 is 0. The average molecular weight is 223 g/mol. The predicted molar refractivity (Wildman–Crippen MR) is 66.6 cm³/mol. The molecule has 2 N–H and O–H groups in total. The van der Waals surface area contributed by atoms with Crippen molar-refractivity contribution < 1.29 is 0 Å². The van der Waals surface area contributed by atoms with E-state index >= 15 is 0 Å². The van der Waals surface area contributed by atoms with Gasteiger partial charge in [0.1, 0.15) is 0 Å². The van der Waals surface area contributed by atoms with Crippen molar-refractivity contribution in [1.82, 2.24) is 15.5 Å². The molecule has 0 radical (unpaired) electrons. The van der Waals surface area contributed by atoms with Crippen LogP contribution in [-0.4, -0.2) is 49.7 Å². The third-order valence-electron chi connectivity index (χ3n) is 4.15. The molecule has 1 unspecified atom stereocenters. The van der Waals surface area contributed by atoms with Crippen LogP contribution in [0.15, 0.2) is 0 Å². The zero-order valence-electron chi connectivity index (χ0n) is 10.3. The lowest BCUT2D eigenvalue weighted by Crippen LogP contribution is -2.37. The summed E-state index contributed by atoms with van der Waals surface area (Å²) >= 11 is 0. The van der Waals surface area contributed by atoms with Gasteiger partial charge in [-0.25, -0.2) is 0 Å². The highest BCUT2D eigenvalue weighted by Gasteiger charge is 2.33. The van der Waals surface area contributed by atoms with Crippen molar-refractivity contribution in [2.75, 3.05) is 32.7 Å². The zero-order valence-corrected chi connectivity index (χ0v) is 10.3. The molecular formula is C13H25N3. The fourth-order valence-electron chi connectivity index (χ4n) is 2.72. The summed E-state index contributed by atoms with van der Waals surface area (Å²) in [6.45, 7) is 6.18. The highest BCUT2D eigenvalue weighted by atomic mass is 15.2. The Hall–Kier alpha value is -0.120. The first-order valence-electron chi connectivity index (χ1n) is 7.10. The Bertz CT molecular complexity index is 223. The molecule has 2 aliphatic carbocycles. The Balaban J connectivity index is 1.22. The van der Waals surface area contributed by atoms with Crippen LogP contribution in [0.2, 0.25) is 0 Å². The van der Waals surface area contributed by atoms with Gasteiger partial charge in [-0.05, 0) is 44.6 Å². The summed E-state index contributed by atoms with van der Waals surface area (Å²) in [5, 5.41) is 7.23. The van der Waals surface area contributed by atoms with Crippen molar-refractivity contribution in [3.8, 4) is 0 Å². The van der Waals surface area contributed by atoms with E-state index in [9.17, 15) is 0 Å². The molecule has 3 aliphatic rings. The van der Waals surface area contributed by atoms with Crippen LogP contribution in [0.3, 0.4) is 0 Å². The fraction of sp³-hybridized carbons (Fsp3) is 1.00. The average Bonchev–Trinajstić information content (AvgIpc) is 3.19. The number of nitrogens with one attached hydrogen (secondary N) is 2. The maximum absolute atomic E-state index is 3.68. The number of hydrogen-bond acceptors (Lipinski definition) is 3. The molecule has 0 amide bonds. The maximum atomic E-state index is 3.68. The van der Waals surface area contributed by atoms with E-state index in [-0.39, 0.29) is 0 Å². The predicted octanol–water partition coefficient (Wildman–Crippen LogP) is 0.812. The van der Waals surface area contributed by atoms with Gasteiger partial charge in [0.15, 0.2) is 0 Å². The Morgan fingerprint density at radius 3 is 2.62 bits per heavy atom. The second-order valence-electron chi connectivity index (χ2n) is 5.81. The van der Waals surface area contributed by atoms with Gasteiger partial charge in [-0.2, -0.15) is 0 Å². The number of hydrogen-bond donors (Lipinski definition) is 2. The third kappa shape index (κ3) is 3.19. The number of nitrogens with zero attached hydrogens (tertiary/aromatic N) is 1. The Morgan fingerprint density at radius 1 is 1.00 bits per heavy atom. The summed E-state index contributed by atoms with van der Waals surface area (Å²) in [4.78, 5) is 2.68. The Kier molecular flexibility index (Phi) is 3.46. The first-order chi connectivity index (χ1) is 7.92. The van der Waals surface area contributed by atoms with Gasteiger partial charge in [0, 0.05) is 38.3 Å². The zero-order chi connectivity index (χ0) is 10.8. The molecule has 0 aromatic rings. The topological polar surface area (TPSA) is 27.3 Å². The van der Waals surface area contributed by atoms with Crippen molar-refractivity contribution in [1.29, 1.82) is 0 Å². The number of likely N-dealkylation sites (tertiary alicyclic amines) is 1. The fourth-order valence-corrected chi connectivity index (χ4v) is 2.72. The van der Waals surface area contributed by atoms with Gasteiger partial charge in [-0.15, -0.1) is 0 Å². The normalized spacial score (nSPS) is 31.1. The third-order valence-corrected chi connectivity index (χ3v) is 4.15. The molecule has 3 nitrogen and oxygen atoms in total. The van der Waals surface area contributed by atoms with Gasteiger partial charge in [0.2, 0.25) is 0 Å². The van der Waals surface area contributed by atoms with Crippen molar-refractivity contribution in [3.05, 3.63) is 0 Å². The van der Waals surface area contributed by atoms with Crippen LogP contribution in [0.1, 0.15) is 32.1 Å². The molecule has 0 spiro atoms. The molecule has 0 bridgehead atoms. The standard InChI is InChI=1S/C13H25N3/c1-2-11(1)9-14-6-7-15-12-5-8-16(10-12)13-3-4-13/h11-15H,1-10H2. The Morgan fingerprint density at radius 2 is 1.88 bits per heavy atom. The van der Waals surface area contributed by atoms with E-state index in [0.717, 1.165) is 31.1 Å². The molecule has 1 aliphatic heterocycles. The minimum atomic E-state index is 0.767. The molecular weight excluding hydrogens is 198 g/mol. The lowest BCUT2D eigenvalue weighted by molar-refractivity contribution is 0.317. The van der Waals surface area contributed by atoms with Crippen molar-refractivity contribution >= 4 is 0 Å². The lowest BCUT2D eigenvalue weighted by atomic mass is 10.2. The summed E-state index contributed by atoms with van der Waals surface area (Å²) in [5.41, 5.74) is 0. The van der Waals surface area contributed by atoms with Crippen LogP contribution in [0, 0.1) is 5.92 Å². The van der Waals surface area contributed by atoms with E-state index < -0.39 is 0 Å². The van der Waals surface area contributed by atoms with Gasteiger partial charge in [0.25, 0.3) is 0 Å². The minimum Gasteiger partial charge on any atom is -0.315 e. The quantitative estimate of drug-likeness (QED) is 0.626. The molecule has 2 saturated carbocycles. The second kappa shape index (κ2) is 5.03. The van der Waals surface area contributed by atoms with Crippen LogP contribution in [-0.2, 0) is 0 Å². The van der Waals surface area contributed by atoms with E-state index in [1.165, 1.54) is 51.7 Å². The summed E-state index contributed by atoms with van der Waals surface area (Å²) in [6.07, 6.45) is 7.18. The van der Waals surface area contributed by atoms with E-state index in [1.807, 2.05) is 0 Å². The molecule has 1 atom stereocenters. The molecule has 1 saturated heterocycles. The largest absolute Gasteiger partial charge is 0.315 e. The summed E-state index contributed by atoms with van der Waals surface area (Å²) in [7, 11) is 0. The summed E-state index contributed by atoms with van der Waals surface area (Å²) in [5.74, 6) is 1.01. The molecule has 3 fully saturated rings. The number of rotatable bonds is 7. The second-order valence-corrected chi connectivity index (χ2v) is 5.81. The van der Waals surface area contributed by atoms with Crippen molar-refractivity contribution in [2.24, 2.45) is 5.92 Å². The van der Waals surface area contributed by atoms with Gasteiger partial charge in [0.05, 0.1) is 0 Å². The van der Waals surface area contributed by atoms with Gasteiger partial charge >= 0.3 is 0 Å². The highest BCUT2D eigenvalue weighted by Crippen LogP contribution is 2.29. The van der Waals surface area contributed by atoms with Crippen LogP contribution < -0.4 is 10.6 Å². The monoisotopic (exact) mass is 223 g/mol. The lowest BCUT2D eigenvalue weighted by Gasteiger charge is -2.15. The van der Waals surface area contributed by atoms with E-state index in [2.05, 4.69) is 15.5 Å². The SMILES string of the molecule is C(CNC1CCN(C2CC2)C1)NCC1CC1. The highest BCUT2D eigenvalue weighted by molar-refractivity contribution is 4.91. The molecule has 1 heterocycles. The molecule has 92 valence electrons. The van der Waals surface area contributed by atoms with E-state index in [4.69, 9.17) is 0 Å². The Labute approximate surface area is 99.0 Å². The van der Waals surface area contributed by atoms with Gasteiger partial charge in [-0.3, -0.25) is 4.90 Å². The van der Waals surface area contributed by atoms with E-state index in [1.54, 1.807) is 0 Å². The van der Waals surface area contributed by atoms with Crippen LogP contribution in [0.4, 0.5) is 0 Å².